The molecule has 0 amide bonds. The minimum absolute atomic E-state index is 0.317. The maximum Gasteiger partial charge on any atom is 0.325 e. The van der Waals surface area contributed by atoms with Gasteiger partial charge in [0.25, 0.3) is 0 Å². The average Bonchev–Trinajstić information content (AvgIpc) is 2.46. The first-order valence-corrected chi connectivity index (χ1v) is 7.33. The minimum Gasteiger partial charge on any atom is -0.481 e. The lowest BCUT2D eigenvalue weighted by atomic mass is 9.70. The first kappa shape index (κ1) is 15.8. The second-order valence-corrected chi connectivity index (χ2v) is 5.97. The molecule has 2 atom stereocenters. The van der Waals surface area contributed by atoms with Gasteiger partial charge in [-0.2, -0.15) is 0 Å². The highest BCUT2D eigenvalue weighted by Crippen LogP contribution is 2.41. The van der Waals surface area contributed by atoms with Crippen molar-refractivity contribution in [2.45, 2.75) is 44.1 Å². The van der Waals surface area contributed by atoms with Gasteiger partial charge in [0.15, 0.2) is 0 Å². The summed E-state index contributed by atoms with van der Waals surface area (Å²) in [5.74, 6) is -4.41. The summed E-state index contributed by atoms with van der Waals surface area (Å²) in [6, 6.07) is 0. The molecule has 118 valence electrons. The number of hydrogen-bond donors (Lipinski definition) is 3. The van der Waals surface area contributed by atoms with Crippen LogP contribution in [0.2, 0.25) is 0 Å². The highest BCUT2D eigenvalue weighted by Gasteiger charge is 2.55. The van der Waals surface area contributed by atoms with Crippen molar-refractivity contribution in [2.24, 2.45) is 11.8 Å². The van der Waals surface area contributed by atoms with Crippen LogP contribution in [-0.2, 0) is 14.4 Å². The third kappa shape index (κ3) is 2.74. The molecule has 7 nitrogen and oxygen atoms in total. The number of rotatable bonds is 4. The average molecular weight is 299 g/mol. The van der Waals surface area contributed by atoms with Crippen molar-refractivity contribution in [3.05, 3.63) is 0 Å². The van der Waals surface area contributed by atoms with E-state index in [-0.39, 0.29) is 0 Å². The smallest absolute Gasteiger partial charge is 0.325 e. The van der Waals surface area contributed by atoms with E-state index >= 15 is 0 Å². The normalized spacial score (nSPS) is 31.7. The SMILES string of the molecule is O=C(O)C1CCN(C2(C(=O)O)CCCCC2C(=O)O)CC1. The van der Waals surface area contributed by atoms with Crippen LogP contribution in [0.4, 0.5) is 0 Å². The van der Waals surface area contributed by atoms with Gasteiger partial charge in [0.2, 0.25) is 0 Å². The minimum atomic E-state index is -1.38. The number of piperidine rings is 1. The monoisotopic (exact) mass is 299 g/mol. The summed E-state index contributed by atoms with van der Waals surface area (Å²) in [6.45, 7) is 0.653. The Morgan fingerprint density at radius 2 is 1.52 bits per heavy atom. The van der Waals surface area contributed by atoms with Crippen LogP contribution in [0.5, 0.6) is 0 Å². The highest BCUT2D eigenvalue weighted by molar-refractivity contribution is 5.87. The van der Waals surface area contributed by atoms with Crippen molar-refractivity contribution < 1.29 is 29.7 Å². The predicted octanol–water partition coefficient (Wildman–Crippen LogP) is 0.881. The van der Waals surface area contributed by atoms with E-state index in [1.165, 1.54) is 0 Å². The fraction of sp³-hybridized carbons (Fsp3) is 0.786. The largest absolute Gasteiger partial charge is 0.481 e. The third-order valence-corrected chi connectivity index (χ3v) is 4.95. The number of nitrogens with zero attached hydrogens (tertiary/aromatic N) is 1. The second kappa shape index (κ2) is 6.01. The molecule has 1 saturated carbocycles. The molecule has 2 rings (SSSR count). The molecule has 0 aromatic carbocycles. The van der Waals surface area contributed by atoms with E-state index < -0.39 is 35.3 Å². The molecule has 1 aliphatic carbocycles. The van der Waals surface area contributed by atoms with Gasteiger partial charge in [-0.1, -0.05) is 12.8 Å². The molecule has 7 heteroatoms. The van der Waals surface area contributed by atoms with Crippen molar-refractivity contribution in [2.75, 3.05) is 13.1 Å². The van der Waals surface area contributed by atoms with Crippen LogP contribution < -0.4 is 0 Å². The molecule has 1 saturated heterocycles. The van der Waals surface area contributed by atoms with Crippen LogP contribution in [0.1, 0.15) is 38.5 Å². The summed E-state index contributed by atoms with van der Waals surface area (Å²) >= 11 is 0. The van der Waals surface area contributed by atoms with Crippen LogP contribution in [0.3, 0.4) is 0 Å². The maximum absolute atomic E-state index is 11.9. The molecule has 2 aliphatic rings. The van der Waals surface area contributed by atoms with E-state index in [0.717, 1.165) is 6.42 Å². The fourth-order valence-electron chi connectivity index (χ4n) is 3.78. The Labute approximate surface area is 122 Å². The lowest BCUT2D eigenvalue weighted by Crippen LogP contribution is -2.64. The standard InChI is InChI=1S/C14H21NO6/c16-11(17)9-4-7-15(8-5-9)14(13(20)21)6-2-1-3-10(14)12(18)19/h9-10H,1-8H2,(H,16,17)(H,18,19)(H,20,21). The summed E-state index contributed by atoms with van der Waals surface area (Å²) < 4.78 is 0. The summed E-state index contributed by atoms with van der Waals surface area (Å²) in [5.41, 5.74) is -1.38. The summed E-state index contributed by atoms with van der Waals surface area (Å²) in [4.78, 5) is 36.1. The summed E-state index contributed by atoms with van der Waals surface area (Å²) in [5, 5.41) is 28.1. The van der Waals surface area contributed by atoms with E-state index in [0.29, 0.717) is 45.2 Å². The van der Waals surface area contributed by atoms with E-state index in [9.17, 15) is 24.6 Å². The number of hydrogen-bond acceptors (Lipinski definition) is 4. The van der Waals surface area contributed by atoms with Gasteiger partial charge in [-0.15, -0.1) is 0 Å². The Morgan fingerprint density at radius 1 is 0.905 bits per heavy atom. The zero-order valence-electron chi connectivity index (χ0n) is 11.8. The van der Waals surface area contributed by atoms with Crippen LogP contribution in [0.15, 0.2) is 0 Å². The Kier molecular flexibility index (Phi) is 4.51. The molecule has 1 aliphatic heterocycles. The van der Waals surface area contributed by atoms with Gasteiger partial charge in [-0.05, 0) is 25.7 Å². The summed E-state index contributed by atoms with van der Waals surface area (Å²) in [7, 11) is 0. The van der Waals surface area contributed by atoms with Crippen molar-refractivity contribution in [1.82, 2.24) is 4.90 Å². The molecule has 0 aromatic heterocycles. The molecule has 3 N–H and O–H groups in total. The molecule has 0 bridgehead atoms. The van der Waals surface area contributed by atoms with E-state index in [1.54, 1.807) is 4.90 Å². The summed E-state index contributed by atoms with van der Waals surface area (Å²) in [6.07, 6.45) is 2.83. The van der Waals surface area contributed by atoms with E-state index in [4.69, 9.17) is 5.11 Å². The molecule has 2 fully saturated rings. The van der Waals surface area contributed by atoms with Crippen molar-refractivity contribution in [3.63, 3.8) is 0 Å². The maximum atomic E-state index is 11.9. The molecular weight excluding hydrogens is 278 g/mol. The molecule has 21 heavy (non-hydrogen) atoms. The Morgan fingerprint density at radius 3 is 2.00 bits per heavy atom. The second-order valence-electron chi connectivity index (χ2n) is 5.97. The van der Waals surface area contributed by atoms with Gasteiger partial charge in [0, 0.05) is 13.1 Å². The zero-order valence-corrected chi connectivity index (χ0v) is 11.8. The van der Waals surface area contributed by atoms with Gasteiger partial charge < -0.3 is 15.3 Å². The van der Waals surface area contributed by atoms with Gasteiger partial charge in [0.05, 0.1) is 11.8 Å². The van der Waals surface area contributed by atoms with Crippen molar-refractivity contribution in [3.8, 4) is 0 Å². The van der Waals surface area contributed by atoms with E-state index in [1.807, 2.05) is 0 Å². The zero-order chi connectivity index (χ0) is 15.6. The number of aliphatic carboxylic acids is 3. The fourth-order valence-corrected chi connectivity index (χ4v) is 3.78. The molecule has 0 radical (unpaired) electrons. The highest BCUT2D eigenvalue weighted by atomic mass is 16.4. The van der Waals surface area contributed by atoms with Crippen LogP contribution in [-0.4, -0.2) is 56.8 Å². The number of carboxylic acid groups (broad SMARTS) is 3. The molecule has 0 aromatic rings. The van der Waals surface area contributed by atoms with E-state index in [2.05, 4.69) is 0 Å². The number of likely N-dealkylation sites (tertiary alicyclic amines) is 1. The predicted molar refractivity (Wildman–Crippen MR) is 71.9 cm³/mol. The molecular formula is C14H21NO6. The van der Waals surface area contributed by atoms with Crippen molar-refractivity contribution >= 4 is 17.9 Å². The van der Waals surface area contributed by atoms with Gasteiger partial charge in [0.1, 0.15) is 5.54 Å². The molecule has 0 spiro atoms. The number of carbonyl (C=O) groups is 3. The Balaban J connectivity index is 2.24. The number of carboxylic acids is 3. The van der Waals surface area contributed by atoms with Crippen LogP contribution >= 0.6 is 0 Å². The first-order chi connectivity index (χ1) is 9.89. The lowest BCUT2D eigenvalue weighted by Gasteiger charge is -2.48. The lowest BCUT2D eigenvalue weighted by molar-refractivity contribution is -0.172. The molecule has 1 heterocycles. The Bertz CT molecular complexity index is 443. The van der Waals surface area contributed by atoms with Crippen LogP contribution in [0, 0.1) is 11.8 Å². The first-order valence-electron chi connectivity index (χ1n) is 7.33. The molecule has 2 unspecified atom stereocenters. The third-order valence-electron chi connectivity index (χ3n) is 4.95. The van der Waals surface area contributed by atoms with Gasteiger partial charge in [-0.3, -0.25) is 19.3 Å². The topological polar surface area (TPSA) is 115 Å². The van der Waals surface area contributed by atoms with Gasteiger partial charge >= 0.3 is 17.9 Å². The van der Waals surface area contributed by atoms with Gasteiger partial charge in [-0.25, -0.2) is 0 Å². The van der Waals surface area contributed by atoms with Crippen molar-refractivity contribution in [1.29, 1.82) is 0 Å². The van der Waals surface area contributed by atoms with Crippen LogP contribution in [0.25, 0.3) is 0 Å². The Hall–Kier alpha value is -1.63. The quantitative estimate of drug-likeness (QED) is 0.705.